The van der Waals surface area contributed by atoms with E-state index in [1.807, 2.05) is 24.9 Å². The van der Waals surface area contributed by atoms with Gasteiger partial charge in [0.25, 0.3) is 0 Å². The van der Waals surface area contributed by atoms with Crippen molar-refractivity contribution in [3.63, 3.8) is 0 Å². The van der Waals surface area contributed by atoms with Gasteiger partial charge in [-0.05, 0) is 32.2 Å². The standard InChI is InChI=1S/C17H20F2N2/c1-13(14-7-3-4-8-15(14)18)21(2)12-11-20-17-10-6-5-9-16(17)19/h3-10,13,20H,11-12H2,1-2H3. The van der Waals surface area contributed by atoms with Crippen LogP contribution in [0.3, 0.4) is 0 Å². The van der Waals surface area contributed by atoms with Gasteiger partial charge in [-0.25, -0.2) is 8.78 Å². The SMILES string of the molecule is CC(c1ccccc1F)N(C)CCNc1ccccc1F. The molecule has 0 aliphatic heterocycles. The summed E-state index contributed by atoms with van der Waals surface area (Å²) in [5.74, 6) is -0.457. The molecule has 21 heavy (non-hydrogen) atoms. The molecule has 2 rings (SSSR count). The Bertz CT molecular complexity index is 587. The van der Waals surface area contributed by atoms with Gasteiger partial charge in [-0.1, -0.05) is 30.3 Å². The first kappa shape index (κ1) is 15.4. The fourth-order valence-electron chi connectivity index (χ4n) is 2.22. The Morgan fingerprint density at radius 3 is 2.29 bits per heavy atom. The fourth-order valence-corrected chi connectivity index (χ4v) is 2.22. The number of halogens is 2. The summed E-state index contributed by atoms with van der Waals surface area (Å²) in [7, 11) is 1.93. The molecule has 0 heterocycles. The molecule has 1 unspecified atom stereocenters. The van der Waals surface area contributed by atoms with Crippen molar-refractivity contribution in [1.82, 2.24) is 4.90 Å². The van der Waals surface area contributed by atoms with Crippen molar-refractivity contribution in [3.05, 3.63) is 65.7 Å². The van der Waals surface area contributed by atoms with Crippen LogP contribution in [-0.2, 0) is 0 Å². The number of rotatable bonds is 6. The molecule has 2 aromatic rings. The number of hydrogen-bond donors (Lipinski definition) is 1. The predicted octanol–water partition coefficient (Wildman–Crippen LogP) is 4.07. The summed E-state index contributed by atoms with van der Waals surface area (Å²) in [5, 5.41) is 3.05. The van der Waals surface area contributed by atoms with Crippen molar-refractivity contribution in [2.24, 2.45) is 0 Å². The molecule has 0 saturated heterocycles. The van der Waals surface area contributed by atoms with Gasteiger partial charge >= 0.3 is 0 Å². The molecule has 1 atom stereocenters. The molecule has 4 heteroatoms. The summed E-state index contributed by atoms with van der Waals surface area (Å²) >= 11 is 0. The molecule has 0 aliphatic rings. The molecule has 0 radical (unpaired) electrons. The van der Waals surface area contributed by atoms with Crippen molar-refractivity contribution in [1.29, 1.82) is 0 Å². The van der Waals surface area contributed by atoms with E-state index in [0.29, 0.717) is 24.3 Å². The average molecular weight is 290 g/mol. The highest BCUT2D eigenvalue weighted by molar-refractivity contribution is 5.44. The Morgan fingerprint density at radius 1 is 1.00 bits per heavy atom. The van der Waals surface area contributed by atoms with E-state index in [1.54, 1.807) is 30.3 Å². The molecule has 0 amide bonds. The molecule has 0 spiro atoms. The van der Waals surface area contributed by atoms with Crippen LogP contribution in [0, 0.1) is 11.6 Å². The second kappa shape index (κ2) is 7.18. The lowest BCUT2D eigenvalue weighted by Gasteiger charge is -2.25. The first-order valence-corrected chi connectivity index (χ1v) is 7.02. The lowest BCUT2D eigenvalue weighted by Crippen LogP contribution is -2.28. The lowest BCUT2D eigenvalue weighted by molar-refractivity contribution is 0.266. The monoisotopic (exact) mass is 290 g/mol. The first-order chi connectivity index (χ1) is 10.1. The molecule has 0 bridgehead atoms. The number of benzene rings is 2. The molecule has 2 aromatic carbocycles. The maximum absolute atomic E-state index is 13.7. The lowest BCUT2D eigenvalue weighted by atomic mass is 10.1. The number of likely N-dealkylation sites (N-methyl/N-ethyl adjacent to an activating group) is 1. The molecule has 0 fully saturated rings. The van der Waals surface area contributed by atoms with E-state index in [1.165, 1.54) is 12.1 Å². The third-order valence-electron chi connectivity index (χ3n) is 3.67. The molecule has 0 aliphatic carbocycles. The third-order valence-corrected chi connectivity index (χ3v) is 3.67. The van der Waals surface area contributed by atoms with Gasteiger partial charge in [-0.2, -0.15) is 0 Å². The van der Waals surface area contributed by atoms with E-state index in [2.05, 4.69) is 5.32 Å². The van der Waals surface area contributed by atoms with Gasteiger partial charge in [0.15, 0.2) is 0 Å². The quantitative estimate of drug-likeness (QED) is 0.862. The zero-order chi connectivity index (χ0) is 15.2. The summed E-state index contributed by atoms with van der Waals surface area (Å²) in [5.41, 5.74) is 1.16. The van der Waals surface area contributed by atoms with E-state index in [9.17, 15) is 8.78 Å². The number of nitrogens with one attached hydrogen (secondary N) is 1. The Balaban J connectivity index is 1.89. The second-order valence-electron chi connectivity index (χ2n) is 5.08. The highest BCUT2D eigenvalue weighted by Crippen LogP contribution is 2.21. The zero-order valence-electron chi connectivity index (χ0n) is 12.3. The molecular weight excluding hydrogens is 270 g/mol. The predicted molar refractivity (Wildman–Crippen MR) is 82.3 cm³/mol. The number of para-hydroxylation sites is 1. The van der Waals surface area contributed by atoms with Crippen LogP contribution in [-0.4, -0.2) is 25.0 Å². The minimum atomic E-state index is -0.262. The van der Waals surface area contributed by atoms with Gasteiger partial charge < -0.3 is 5.32 Å². The van der Waals surface area contributed by atoms with Gasteiger partial charge in [-0.3, -0.25) is 4.90 Å². The summed E-state index contributed by atoms with van der Waals surface area (Å²) < 4.78 is 27.2. The van der Waals surface area contributed by atoms with Crippen LogP contribution >= 0.6 is 0 Å². The van der Waals surface area contributed by atoms with E-state index in [4.69, 9.17) is 0 Å². The Labute approximate surface area is 124 Å². The van der Waals surface area contributed by atoms with Crippen molar-refractivity contribution < 1.29 is 8.78 Å². The molecule has 2 nitrogen and oxygen atoms in total. The van der Waals surface area contributed by atoms with E-state index >= 15 is 0 Å². The van der Waals surface area contributed by atoms with Crippen LogP contribution in [0.1, 0.15) is 18.5 Å². The van der Waals surface area contributed by atoms with Gasteiger partial charge in [-0.15, -0.1) is 0 Å². The largest absolute Gasteiger partial charge is 0.381 e. The Morgan fingerprint density at radius 2 is 1.62 bits per heavy atom. The smallest absolute Gasteiger partial charge is 0.146 e. The van der Waals surface area contributed by atoms with Gasteiger partial charge in [0.05, 0.1) is 5.69 Å². The minimum Gasteiger partial charge on any atom is -0.381 e. The molecular formula is C17H20F2N2. The minimum absolute atomic E-state index is 0.0337. The Kier molecular flexibility index (Phi) is 5.28. The molecule has 0 saturated carbocycles. The van der Waals surface area contributed by atoms with Crippen LogP contribution in [0.25, 0.3) is 0 Å². The molecule has 1 N–H and O–H groups in total. The normalized spacial score (nSPS) is 12.4. The van der Waals surface area contributed by atoms with E-state index in [-0.39, 0.29) is 17.7 Å². The summed E-state index contributed by atoms with van der Waals surface area (Å²) in [6.07, 6.45) is 0. The Hall–Kier alpha value is -1.94. The molecule has 0 aromatic heterocycles. The number of nitrogens with zero attached hydrogens (tertiary/aromatic N) is 1. The van der Waals surface area contributed by atoms with Crippen molar-refractivity contribution in [2.75, 3.05) is 25.5 Å². The fraction of sp³-hybridized carbons (Fsp3) is 0.294. The van der Waals surface area contributed by atoms with Crippen LogP contribution in [0.2, 0.25) is 0 Å². The summed E-state index contributed by atoms with van der Waals surface area (Å²) in [6.45, 7) is 3.24. The van der Waals surface area contributed by atoms with E-state index in [0.717, 1.165) is 0 Å². The summed E-state index contributed by atoms with van der Waals surface area (Å²) in [4.78, 5) is 2.03. The van der Waals surface area contributed by atoms with Crippen LogP contribution < -0.4 is 5.32 Å². The van der Waals surface area contributed by atoms with Gasteiger partial charge in [0, 0.05) is 24.7 Å². The van der Waals surface area contributed by atoms with Crippen molar-refractivity contribution in [3.8, 4) is 0 Å². The third kappa shape index (κ3) is 4.02. The van der Waals surface area contributed by atoms with E-state index < -0.39 is 0 Å². The van der Waals surface area contributed by atoms with Gasteiger partial charge in [0.2, 0.25) is 0 Å². The second-order valence-corrected chi connectivity index (χ2v) is 5.08. The highest BCUT2D eigenvalue weighted by atomic mass is 19.1. The number of anilines is 1. The van der Waals surface area contributed by atoms with Crippen molar-refractivity contribution in [2.45, 2.75) is 13.0 Å². The summed E-state index contributed by atoms with van der Waals surface area (Å²) in [6, 6.07) is 13.3. The van der Waals surface area contributed by atoms with Crippen molar-refractivity contribution >= 4 is 5.69 Å². The topological polar surface area (TPSA) is 15.3 Å². The average Bonchev–Trinajstić information content (AvgIpc) is 2.49. The highest BCUT2D eigenvalue weighted by Gasteiger charge is 2.14. The maximum Gasteiger partial charge on any atom is 0.146 e. The molecule has 112 valence electrons. The number of hydrogen-bond acceptors (Lipinski definition) is 2. The van der Waals surface area contributed by atoms with Crippen LogP contribution in [0.5, 0.6) is 0 Å². The van der Waals surface area contributed by atoms with Gasteiger partial charge in [0.1, 0.15) is 11.6 Å². The maximum atomic E-state index is 13.7. The zero-order valence-corrected chi connectivity index (χ0v) is 12.3. The van der Waals surface area contributed by atoms with Crippen LogP contribution in [0.15, 0.2) is 48.5 Å². The first-order valence-electron chi connectivity index (χ1n) is 7.02. The van der Waals surface area contributed by atoms with Crippen LogP contribution in [0.4, 0.5) is 14.5 Å².